The van der Waals surface area contributed by atoms with Gasteiger partial charge in [-0.2, -0.15) is 0 Å². The molecule has 100 valence electrons. The van der Waals surface area contributed by atoms with Crippen LogP contribution in [-0.4, -0.2) is 42.6 Å². The van der Waals surface area contributed by atoms with Crippen molar-refractivity contribution >= 4 is 11.4 Å². The molecule has 2 heterocycles. The molecule has 4 heteroatoms. The van der Waals surface area contributed by atoms with Crippen molar-refractivity contribution < 1.29 is 0 Å². The van der Waals surface area contributed by atoms with Crippen LogP contribution >= 0.6 is 0 Å². The van der Waals surface area contributed by atoms with Crippen LogP contribution in [0.1, 0.15) is 20.3 Å². The van der Waals surface area contributed by atoms with Gasteiger partial charge in [-0.3, -0.25) is 4.98 Å². The average Bonchev–Trinajstić information content (AvgIpc) is 2.34. The Morgan fingerprint density at radius 2 is 2.17 bits per heavy atom. The van der Waals surface area contributed by atoms with Gasteiger partial charge in [0.25, 0.3) is 0 Å². The lowest BCUT2D eigenvalue weighted by Gasteiger charge is -2.35. The van der Waals surface area contributed by atoms with Gasteiger partial charge in [-0.25, -0.2) is 0 Å². The zero-order chi connectivity index (χ0) is 13.0. The molecule has 2 atom stereocenters. The van der Waals surface area contributed by atoms with Crippen LogP contribution in [-0.2, 0) is 0 Å². The van der Waals surface area contributed by atoms with E-state index in [2.05, 4.69) is 47.5 Å². The van der Waals surface area contributed by atoms with Crippen molar-refractivity contribution in [3.8, 4) is 0 Å². The van der Waals surface area contributed by atoms with E-state index in [0.717, 1.165) is 24.5 Å². The predicted molar refractivity (Wildman–Crippen MR) is 77.1 cm³/mol. The average molecular weight is 248 g/mol. The van der Waals surface area contributed by atoms with Crippen molar-refractivity contribution in [2.45, 2.75) is 26.3 Å². The van der Waals surface area contributed by atoms with Gasteiger partial charge < -0.3 is 15.5 Å². The van der Waals surface area contributed by atoms with E-state index in [-0.39, 0.29) is 0 Å². The molecule has 1 aromatic heterocycles. The SMILES string of the molecule is CCNc1cncc(NC2CCN(C)CC2C)c1. The first-order valence-electron chi connectivity index (χ1n) is 6.83. The first-order chi connectivity index (χ1) is 8.69. The van der Waals surface area contributed by atoms with Crippen molar-refractivity contribution in [2.24, 2.45) is 5.92 Å². The summed E-state index contributed by atoms with van der Waals surface area (Å²) in [7, 11) is 2.19. The highest BCUT2D eigenvalue weighted by atomic mass is 15.1. The van der Waals surface area contributed by atoms with Crippen LogP contribution in [0.4, 0.5) is 11.4 Å². The number of hydrogen-bond donors (Lipinski definition) is 2. The van der Waals surface area contributed by atoms with Crippen LogP contribution in [0.25, 0.3) is 0 Å². The number of nitrogens with zero attached hydrogens (tertiary/aromatic N) is 2. The Morgan fingerprint density at radius 3 is 2.89 bits per heavy atom. The van der Waals surface area contributed by atoms with E-state index < -0.39 is 0 Å². The second-order valence-corrected chi connectivity index (χ2v) is 5.27. The van der Waals surface area contributed by atoms with Crippen molar-refractivity contribution in [1.29, 1.82) is 0 Å². The maximum atomic E-state index is 4.27. The largest absolute Gasteiger partial charge is 0.384 e. The summed E-state index contributed by atoms with van der Waals surface area (Å²) >= 11 is 0. The summed E-state index contributed by atoms with van der Waals surface area (Å²) in [5.74, 6) is 0.673. The van der Waals surface area contributed by atoms with Gasteiger partial charge in [0.1, 0.15) is 0 Å². The van der Waals surface area contributed by atoms with Gasteiger partial charge >= 0.3 is 0 Å². The second kappa shape index (κ2) is 6.05. The van der Waals surface area contributed by atoms with Gasteiger partial charge in [-0.1, -0.05) is 6.92 Å². The quantitative estimate of drug-likeness (QED) is 0.857. The number of piperidine rings is 1. The van der Waals surface area contributed by atoms with Crippen LogP contribution in [0.3, 0.4) is 0 Å². The minimum Gasteiger partial charge on any atom is -0.384 e. The van der Waals surface area contributed by atoms with E-state index in [4.69, 9.17) is 0 Å². The Hall–Kier alpha value is -1.29. The number of nitrogens with one attached hydrogen (secondary N) is 2. The first kappa shape index (κ1) is 13.1. The summed E-state index contributed by atoms with van der Waals surface area (Å²) in [6, 6.07) is 2.70. The number of hydrogen-bond acceptors (Lipinski definition) is 4. The molecule has 0 spiro atoms. The van der Waals surface area contributed by atoms with E-state index in [1.165, 1.54) is 13.0 Å². The van der Waals surface area contributed by atoms with Crippen molar-refractivity contribution in [2.75, 3.05) is 37.3 Å². The summed E-state index contributed by atoms with van der Waals surface area (Å²) in [5, 5.41) is 6.91. The number of anilines is 2. The number of likely N-dealkylation sites (tertiary alicyclic amines) is 1. The molecule has 0 saturated carbocycles. The zero-order valence-electron chi connectivity index (χ0n) is 11.6. The molecule has 1 aliphatic heterocycles. The molecule has 2 N–H and O–H groups in total. The molecule has 0 amide bonds. The molecule has 4 nitrogen and oxygen atoms in total. The maximum absolute atomic E-state index is 4.27. The van der Waals surface area contributed by atoms with Gasteiger partial charge in [0.05, 0.1) is 23.8 Å². The summed E-state index contributed by atoms with van der Waals surface area (Å²) in [5.41, 5.74) is 2.21. The van der Waals surface area contributed by atoms with Gasteiger partial charge in [0.2, 0.25) is 0 Å². The molecule has 0 aromatic carbocycles. The summed E-state index contributed by atoms with van der Waals surface area (Å²) in [6.45, 7) is 7.67. The molecule has 1 aromatic rings. The smallest absolute Gasteiger partial charge is 0.0549 e. The Morgan fingerprint density at radius 1 is 1.39 bits per heavy atom. The normalized spacial score (nSPS) is 24.8. The van der Waals surface area contributed by atoms with Crippen LogP contribution in [0.5, 0.6) is 0 Å². The molecule has 0 radical (unpaired) electrons. The van der Waals surface area contributed by atoms with Gasteiger partial charge in [0.15, 0.2) is 0 Å². The van der Waals surface area contributed by atoms with Crippen molar-refractivity contribution in [3.63, 3.8) is 0 Å². The van der Waals surface area contributed by atoms with Gasteiger partial charge in [0, 0.05) is 19.1 Å². The monoisotopic (exact) mass is 248 g/mol. The minimum atomic E-state index is 0.555. The van der Waals surface area contributed by atoms with Crippen LogP contribution in [0.15, 0.2) is 18.5 Å². The molecule has 0 bridgehead atoms. The number of rotatable bonds is 4. The Bertz CT molecular complexity index is 380. The van der Waals surface area contributed by atoms with Gasteiger partial charge in [-0.05, 0) is 38.9 Å². The molecule has 18 heavy (non-hydrogen) atoms. The molecular weight excluding hydrogens is 224 g/mol. The molecule has 0 aliphatic carbocycles. The standard InChI is InChI=1S/C14H24N4/c1-4-16-12-7-13(9-15-8-12)17-14-5-6-18(3)10-11(14)2/h7-9,11,14,16-17H,4-6,10H2,1-3H3. The van der Waals surface area contributed by atoms with Crippen LogP contribution in [0, 0.1) is 5.92 Å². The van der Waals surface area contributed by atoms with E-state index >= 15 is 0 Å². The third kappa shape index (κ3) is 3.35. The Kier molecular flexibility index (Phi) is 4.42. The summed E-state index contributed by atoms with van der Waals surface area (Å²) in [6.07, 6.45) is 4.97. The second-order valence-electron chi connectivity index (χ2n) is 5.27. The fourth-order valence-electron chi connectivity index (χ4n) is 2.60. The van der Waals surface area contributed by atoms with Crippen LogP contribution < -0.4 is 10.6 Å². The number of aromatic nitrogens is 1. The minimum absolute atomic E-state index is 0.555. The van der Waals surface area contributed by atoms with Crippen molar-refractivity contribution in [1.82, 2.24) is 9.88 Å². The van der Waals surface area contributed by atoms with E-state index in [1.807, 2.05) is 12.4 Å². The Labute approximate surface area is 110 Å². The number of pyridine rings is 1. The third-order valence-electron chi connectivity index (χ3n) is 3.58. The molecule has 2 unspecified atom stereocenters. The molecule has 1 aliphatic rings. The van der Waals surface area contributed by atoms with E-state index in [1.54, 1.807) is 0 Å². The lowest BCUT2D eigenvalue weighted by molar-refractivity contribution is 0.206. The highest BCUT2D eigenvalue weighted by Gasteiger charge is 2.23. The fourth-order valence-corrected chi connectivity index (χ4v) is 2.60. The fraction of sp³-hybridized carbons (Fsp3) is 0.643. The lowest BCUT2D eigenvalue weighted by Crippen LogP contribution is -2.43. The topological polar surface area (TPSA) is 40.2 Å². The van der Waals surface area contributed by atoms with Gasteiger partial charge in [-0.15, -0.1) is 0 Å². The highest BCUT2D eigenvalue weighted by molar-refractivity contribution is 5.54. The molecule has 2 rings (SSSR count). The third-order valence-corrected chi connectivity index (χ3v) is 3.58. The Balaban J connectivity index is 1.98. The maximum Gasteiger partial charge on any atom is 0.0549 e. The van der Waals surface area contributed by atoms with Crippen LogP contribution in [0.2, 0.25) is 0 Å². The lowest BCUT2D eigenvalue weighted by atomic mass is 9.94. The molecule has 1 fully saturated rings. The highest BCUT2D eigenvalue weighted by Crippen LogP contribution is 2.21. The van der Waals surface area contributed by atoms with E-state index in [9.17, 15) is 0 Å². The zero-order valence-corrected chi connectivity index (χ0v) is 11.6. The first-order valence-corrected chi connectivity index (χ1v) is 6.83. The predicted octanol–water partition coefficient (Wildman–Crippen LogP) is 2.27. The summed E-state index contributed by atoms with van der Waals surface area (Å²) < 4.78 is 0. The molecular formula is C14H24N4. The summed E-state index contributed by atoms with van der Waals surface area (Å²) in [4.78, 5) is 6.67. The molecule has 1 saturated heterocycles. The van der Waals surface area contributed by atoms with E-state index in [0.29, 0.717) is 12.0 Å². The van der Waals surface area contributed by atoms with Crippen molar-refractivity contribution in [3.05, 3.63) is 18.5 Å².